The average molecular weight is 193 g/mol. The van der Waals surface area contributed by atoms with Gasteiger partial charge in [0.25, 0.3) is 0 Å². The second kappa shape index (κ2) is 4.63. The predicted octanol–water partition coefficient (Wildman–Crippen LogP) is 1.36. The van der Waals surface area contributed by atoms with Gasteiger partial charge in [-0.15, -0.1) is 0 Å². The first-order valence-electron chi connectivity index (χ1n) is 3.78. The van der Waals surface area contributed by atoms with Crippen LogP contribution in [0, 0.1) is 0 Å². The third-order valence-corrected chi connectivity index (χ3v) is 2.92. The van der Waals surface area contributed by atoms with E-state index >= 15 is 0 Å². The normalized spacial score (nSPS) is 15.8. The Morgan fingerprint density at radius 1 is 1.58 bits per heavy atom. The molecule has 0 aliphatic carbocycles. The van der Waals surface area contributed by atoms with Crippen molar-refractivity contribution < 1.29 is 13.9 Å². The van der Waals surface area contributed by atoms with E-state index < -0.39 is 7.37 Å². The highest BCUT2D eigenvalue weighted by atomic mass is 31.2. The number of rotatable bonds is 5. The van der Waals surface area contributed by atoms with Gasteiger partial charge in [0.15, 0.2) is 0 Å². The molecule has 72 valence electrons. The first kappa shape index (κ1) is 11.7. The minimum atomic E-state index is -2.63. The van der Waals surface area contributed by atoms with Crippen LogP contribution >= 0.6 is 7.37 Å². The molecule has 0 bridgehead atoms. The zero-order valence-corrected chi connectivity index (χ0v) is 8.88. The van der Waals surface area contributed by atoms with Gasteiger partial charge in [-0.3, -0.25) is 9.36 Å². The van der Waals surface area contributed by atoms with Gasteiger partial charge in [0, 0.05) is 13.7 Å². The van der Waals surface area contributed by atoms with Crippen LogP contribution in [0.4, 0.5) is 0 Å². The fraction of sp³-hybridized carbons (Fsp3) is 0.857. The summed E-state index contributed by atoms with van der Waals surface area (Å²) in [5.74, 6) is 0. The van der Waals surface area contributed by atoms with E-state index in [9.17, 15) is 9.36 Å². The predicted molar refractivity (Wildman–Crippen MR) is 48.4 cm³/mol. The lowest BCUT2D eigenvalue weighted by Gasteiger charge is -2.20. The maximum atomic E-state index is 11.6. The lowest BCUT2D eigenvalue weighted by molar-refractivity contribution is -0.116. The first-order valence-corrected chi connectivity index (χ1v) is 6.03. The molecule has 0 aromatic carbocycles. The molecule has 0 rings (SSSR count). The van der Waals surface area contributed by atoms with Crippen LogP contribution in [0.2, 0.25) is 0 Å². The molecule has 0 saturated carbocycles. The van der Waals surface area contributed by atoms with Crippen LogP contribution < -0.4 is 0 Å². The van der Waals surface area contributed by atoms with E-state index in [2.05, 4.69) is 0 Å². The fourth-order valence-corrected chi connectivity index (χ4v) is 2.75. The Kier molecular flexibility index (Phi) is 4.50. The summed E-state index contributed by atoms with van der Waals surface area (Å²) in [6.45, 7) is 5.17. The summed E-state index contributed by atoms with van der Waals surface area (Å²) in [5, 5.41) is 0. The summed E-state index contributed by atoms with van der Waals surface area (Å²) in [6, 6.07) is 0. The zero-order chi connectivity index (χ0) is 9.78. The topological polar surface area (TPSA) is 46.6 Å². The van der Waals surface area contributed by atoms with E-state index in [4.69, 9.17) is 4.52 Å². The molecule has 0 heterocycles. The summed E-state index contributed by atoms with van der Waals surface area (Å²) in [6.07, 6.45) is 0.745. The van der Waals surface area contributed by atoms with Crippen molar-refractivity contribution in [2.75, 3.05) is 20.0 Å². The number of carbonyl (C=O) groups is 1. The van der Waals surface area contributed by atoms with Crippen LogP contribution in [-0.2, 0) is 13.9 Å². The smallest absolute Gasteiger partial charge is 0.219 e. The van der Waals surface area contributed by atoms with Crippen LogP contribution in [0.3, 0.4) is 0 Å². The lowest BCUT2D eigenvalue weighted by atomic mass is 10.5. The second-order valence-corrected chi connectivity index (χ2v) is 5.69. The largest absolute Gasteiger partial charge is 0.339 e. The molecule has 0 aromatic rings. The maximum Gasteiger partial charge on any atom is 0.219 e. The Morgan fingerprint density at radius 2 is 2.08 bits per heavy atom. The van der Waals surface area contributed by atoms with Gasteiger partial charge >= 0.3 is 0 Å². The molecule has 0 aromatic heterocycles. The Balaban J connectivity index is 4.04. The molecule has 1 unspecified atom stereocenters. The van der Waals surface area contributed by atoms with Crippen molar-refractivity contribution >= 4 is 13.8 Å². The number of carbonyl (C=O) groups excluding carboxylic acids is 1. The Labute approximate surface area is 73.3 Å². The van der Waals surface area contributed by atoms with Gasteiger partial charge in [-0.05, 0) is 13.8 Å². The molecule has 4 nitrogen and oxygen atoms in total. The molecular formula is C7H16NO3P. The molecule has 1 atom stereocenters. The van der Waals surface area contributed by atoms with E-state index in [1.54, 1.807) is 7.05 Å². The second-order valence-electron chi connectivity index (χ2n) is 3.17. The third-order valence-electron chi connectivity index (χ3n) is 1.09. The quantitative estimate of drug-likeness (QED) is 0.489. The summed E-state index contributed by atoms with van der Waals surface area (Å²) in [4.78, 5) is 11.5. The van der Waals surface area contributed by atoms with E-state index in [0.717, 1.165) is 0 Å². The maximum absolute atomic E-state index is 11.6. The number of amides is 1. The van der Waals surface area contributed by atoms with Gasteiger partial charge in [-0.2, -0.15) is 0 Å². The highest BCUT2D eigenvalue weighted by molar-refractivity contribution is 7.58. The molecule has 0 aliphatic heterocycles. The number of hydrogen-bond donors (Lipinski definition) is 0. The molecular weight excluding hydrogens is 177 g/mol. The van der Waals surface area contributed by atoms with Crippen molar-refractivity contribution in [2.24, 2.45) is 0 Å². The summed E-state index contributed by atoms with van der Waals surface area (Å²) < 4.78 is 16.7. The molecule has 1 amide bonds. The van der Waals surface area contributed by atoms with Crippen LogP contribution in [0.15, 0.2) is 0 Å². The van der Waals surface area contributed by atoms with Gasteiger partial charge in [0.2, 0.25) is 13.8 Å². The monoisotopic (exact) mass is 193 g/mol. The molecule has 5 heteroatoms. The van der Waals surface area contributed by atoms with E-state index in [-0.39, 0.29) is 12.4 Å². The van der Waals surface area contributed by atoms with Crippen molar-refractivity contribution in [3.63, 3.8) is 0 Å². The average Bonchev–Trinajstić information content (AvgIpc) is 1.83. The fourth-order valence-electron chi connectivity index (χ4n) is 0.918. The molecule has 0 N–H and O–H groups in total. The summed E-state index contributed by atoms with van der Waals surface area (Å²) in [7, 11) is -1.05. The van der Waals surface area contributed by atoms with Crippen molar-refractivity contribution in [1.82, 2.24) is 4.90 Å². The first-order chi connectivity index (χ1) is 5.37. The standard InChI is InChI=1S/C7H16NO3P/c1-7(2)11-12(4,10)6-8(3)5-9/h5,7H,6H2,1-4H3. The Morgan fingerprint density at radius 3 is 2.42 bits per heavy atom. The molecule has 0 radical (unpaired) electrons. The van der Waals surface area contributed by atoms with Gasteiger partial charge in [0.1, 0.15) is 0 Å². The van der Waals surface area contributed by atoms with Gasteiger partial charge in [0.05, 0.1) is 12.4 Å². The molecule has 12 heavy (non-hydrogen) atoms. The minimum Gasteiger partial charge on any atom is -0.339 e. The van der Waals surface area contributed by atoms with E-state index in [1.165, 1.54) is 11.6 Å². The minimum absolute atomic E-state index is 0.0686. The van der Waals surface area contributed by atoms with Crippen LogP contribution in [-0.4, -0.2) is 37.4 Å². The third kappa shape index (κ3) is 5.33. The Hall–Kier alpha value is -0.340. The Bertz CT molecular complexity index is 193. The number of nitrogens with zero attached hydrogens (tertiary/aromatic N) is 1. The number of hydrogen-bond acceptors (Lipinski definition) is 3. The van der Waals surface area contributed by atoms with E-state index in [0.29, 0.717) is 6.41 Å². The molecule has 0 saturated heterocycles. The summed E-state index contributed by atoms with van der Waals surface area (Å²) >= 11 is 0. The zero-order valence-electron chi connectivity index (χ0n) is 7.98. The van der Waals surface area contributed by atoms with Crippen molar-refractivity contribution in [3.05, 3.63) is 0 Å². The van der Waals surface area contributed by atoms with Crippen molar-refractivity contribution in [3.8, 4) is 0 Å². The summed E-state index contributed by atoms with van der Waals surface area (Å²) in [5.41, 5.74) is 0. The molecule has 0 fully saturated rings. The van der Waals surface area contributed by atoms with Gasteiger partial charge in [-0.25, -0.2) is 0 Å². The van der Waals surface area contributed by atoms with Crippen LogP contribution in [0.5, 0.6) is 0 Å². The lowest BCUT2D eigenvalue weighted by Crippen LogP contribution is -2.19. The van der Waals surface area contributed by atoms with Gasteiger partial charge in [-0.1, -0.05) is 0 Å². The highest BCUT2D eigenvalue weighted by Crippen LogP contribution is 2.43. The van der Waals surface area contributed by atoms with Gasteiger partial charge < -0.3 is 9.42 Å². The van der Waals surface area contributed by atoms with E-state index in [1.807, 2.05) is 13.8 Å². The highest BCUT2D eigenvalue weighted by Gasteiger charge is 2.19. The van der Waals surface area contributed by atoms with Crippen molar-refractivity contribution in [2.45, 2.75) is 20.0 Å². The van der Waals surface area contributed by atoms with Crippen molar-refractivity contribution in [1.29, 1.82) is 0 Å². The SMILES string of the molecule is CC(C)OP(C)(=O)CN(C)C=O. The van der Waals surface area contributed by atoms with Crippen LogP contribution in [0.1, 0.15) is 13.8 Å². The van der Waals surface area contributed by atoms with Crippen LogP contribution in [0.25, 0.3) is 0 Å². The molecule has 0 aliphatic rings. The molecule has 0 spiro atoms.